The lowest BCUT2D eigenvalue weighted by atomic mass is 10.1. The van der Waals surface area contributed by atoms with Crippen molar-refractivity contribution in [2.75, 3.05) is 10.6 Å². The van der Waals surface area contributed by atoms with Gasteiger partial charge in [0.25, 0.3) is 11.8 Å². The standard InChI is InChI=1S/C22H18N2O3/c1-15(25)16-11-13-18(14-12-16)23-22(27)19-9-5-6-10-20(19)24-21(26)17-7-3-2-4-8-17/h2-14H,1H3,(H,23,27)(H,24,26). The molecule has 3 aromatic rings. The molecule has 134 valence electrons. The molecule has 0 bridgehead atoms. The molecule has 27 heavy (non-hydrogen) atoms. The molecule has 0 radical (unpaired) electrons. The molecule has 5 nitrogen and oxygen atoms in total. The molecule has 0 aliphatic heterocycles. The Hall–Kier alpha value is -3.73. The van der Waals surface area contributed by atoms with Gasteiger partial charge >= 0.3 is 0 Å². The van der Waals surface area contributed by atoms with Gasteiger partial charge in [0.05, 0.1) is 11.3 Å². The molecule has 0 saturated heterocycles. The third-order valence-electron chi connectivity index (χ3n) is 4.01. The number of para-hydroxylation sites is 1. The zero-order valence-corrected chi connectivity index (χ0v) is 14.7. The summed E-state index contributed by atoms with van der Waals surface area (Å²) in [5.41, 5.74) is 2.41. The number of benzene rings is 3. The Balaban J connectivity index is 1.77. The van der Waals surface area contributed by atoms with Gasteiger partial charge in [-0.25, -0.2) is 0 Å². The van der Waals surface area contributed by atoms with Gasteiger partial charge in [-0.05, 0) is 55.5 Å². The summed E-state index contributed by atoms with van der Waals surface area (Å²) >= 11 is 0. The van der Waals surface area contributed by atoms with Crippen LogP contribution < -0.4 is 10.6 Å². The molecule has 0 spiro atoms. The van der Waals surface area contributed by atoms with Crippen molar-refractivity contribution < 1.29 is 14.4 Å². The second-order valence-electron chi connectivity index (χ2n) is 5.95. The molecule has 2 N–H and O–H groups in total. The summed E-state index contributed by atoms with van der Waals surface area (Å²) in [6, 6.07) is 22.2. The van der Waals surface area contributed by atoms with E-state index in [4.69, 9.17) is 0 Å². The van der Waals surface area contributed by atoms with Gasteiger partial charge in [0.1, 0.15) is 0 Å². The number of carbonyl (C=O) groups is 3. The number of anilines is 2. The normalized spacial score (nSPS) is 10.1. The first-order valence-electron chi connectivity index (χ1n) is 8.42. The van der Waals surface area contributed by atoms with Crippen molar-refractivity contribution in [1.82, 2.24) is 0 Å². The van der Waals surface area contributed by atoms with Gasteiger partial charge in [0.15, 0.2) is 5.78 Å². The second kappa shape index (κ2) is 8.10. The molecule has 0 saturated carbocycles. The highest BCUT2D eigenvalue weighted by Crippen LogP contribution is 2.19. The number of carbonyl (C=O) groups excluding carboxylic acids is 3. The molecular formula is C22H18N2O3. The summed E-state index contributed by atoms with van der Waals surface area (Å²) in [5, 5.41) is 5.55. The van der Waals surface area contributed by atoms with Crippen molar-refractivity contribution in [2.45, 2.75) is 6.92 Å². The lowest BCUT2D eigenvalue weighted by Gasteiger charge is -2.12. The monoisotopic (exact) mass is 358 g/mol. The van der Waals surface area contributed by atoms with Crippen LogP contribution in [0.4, 0.5) is 11.4 Å². The molecule has 0 aliphatic rings. The van der Waals surface area contributed by atoms with Gasteiger partial charge in [-0.15, -0.1) is 0 Å². The van der Waals surface area contributed by atoms with E-state index in [0.29, 0.717) is 28.1 Å². The molecule has 0 unspecified atom stereocenters. The van der Waals surface area contributed by atoms with Crippen molar-refractivity contribution in [3.63, 3.8) is 0 Å². The van der Waals surface area contributed by atoms with Crippen LogP contribution in [0, 0.1) is 0 Å². The first-order valence-corrected chi connectivity index (χ1v) is 8.42. The van der Waals surface area contributed by atoms with Gasteiger partial charge in [0.2, 0.25) is 0 Å². The fraction of sp³-hybridized carbons (Fsp3) is 0.0455. The number of amides is 2. The fourth-order valence-corrected chi connectivity index (χ4v) is 2.56. The summed E-state index contributed by atoms with van der Waals surface area (Å²) in [5.74, 6) is -0.682. The van der Waals surface area contributed by atoms with E-state index in [1.807, 2.05) is 6.07 Å². The molecular weight excluding hydrogens is 340 g/mol. The fourth-order valence-electron chi connectivity index (χ4n) is 2.56. The maximum absolute atomic E-state index is 12.6. The maximum Gasteiger partial charge on any atom is 0.257 e. The first-order chi connectivity index (χ1) is 13.0. The lowest BCUT2D eigenvalue weighted by Crippen LogP contribution is -2.18. The molecule has 3 rings (SSSR count). The van der Waals surface area contributed by atoms with E-state index in [-0.39, 0.29) is 17.6 Å². The van der Waals surface area contributed by atoms with Crippen LogP contribution in [0.3, 0.4) is 0 Å². The van der Waals surface area contributed by atoms with Crippen LogP contribution in [0.15, 0.2) is 78.9 Å². The number of rotatable bonds is 5. The zero-order valence-electron chi connectivity index (χ0n) is 14.7. The quantitative estimate of drug-likeness (QED) is 0.664. The predicted octanol–water partition coefficient (Wildman–Crippen LogP) is 4.39. The molecule has 0 fully saturated rings. The Morgan fingerprint density at radius 1 is 0.630 bits per heavy atom. The van der Waals surface area contributed by atoms with E-state index in [1.54, 1.807) is 72.8 Å². The van der Waals surface area contributed by atoms with Crippen molar-refractivity contribution in [2.24, 2.45) is 0 Å². The number of nitrogens with one attached hydrogen (secondary N) is 2. The number of hydrogen-bond donors (Lipinski definition) is 2. The third kappa shape index (κ3) is 4.46. The Kier molecular flexibility index (Phi) is 5.42. The summed E-state index contributed by atoms with van der Waals surface area (Å²) in [7, 11) is 0. The first kappa shape index (κ1) is 18.1. The molecule has 0 aliphatic carbocycles. The topological polar surface area (TPSA) is 75.3 Å². The lowest BCUT2D eigenvalue weighted by molar-refractivity contribution is 0.101. The molecule has 0 atom stereocenters. The van der Waals surface area contributed by atoms with Crippen LogP contribution in [0.5, 0.6) is 0 Å². The summed E-state index contributed by atoms with van der Waals surface area (Å²) in [4.78, 5) is 36.4. The van der Waals surface area contributed by atoms with E-state index in [0.717, 1.165) is 0 Å². The van der Waals surface area contributed by atoms with Crippen LogP contribution in [0.25, 0.3) is 0 Å². The summed E-state index contributed by atoms with van der Waals surface area (Å²) in [6.45, 7) is 1.49. The van der Waals surface area contributed by atoms with E-state index in [2.05, 4.69) is 10.6 Å². The number of ketones is 1. The van der Waals surface area contributed by atoms with E-state index in [1.165, 1.54) is 6.92 Å². The average Bonchev–Trinajstić information content (AvgIpc) is 2.69. The third-order valence-corrected chi connectivity index (χ3v) is 4.01. The molecule has 5 heteroatoms. The van der Waals surface area contributed by atoms with Crippen LogP contribution in [0.2, 0.25) is 0 Å². The minimum absolute atomic E-state index is 0.0400. The molecule has 2 amide bonds. The van der Waals surface area contributed by atoms with Gasteiger partial charge in [-0.2, -0.15) is 0 Å². The van der Waals surface area contributed by atoms with Gasteiger partial charge < -0.3 is 10.6 Å². The number of Topliss-reactive ketones (excluding diaryl/α,β-unsaturated/α-hetero) is 1. The highest BCUT2D eigenvalue weighted by Gasteiger charge is 2.14. The number of hydrogen-bond acceptors (Lipinski definition) is 3. The molecule has 0 heterocycles. The van der Waals surface area contributed by atoms with Gasteiger partial charge in [-0.3, -0.25) is 14.4 Å². The van der Waals surface area contributed by atoms with Crippen LogP contribution in [-0.2, 0) is 0 Å². The van der Waals surface area contributed by atoms with E-state index >= 15 is 0 Å². The summed E-state index contributed by atoms with van der Waals surface area (Å²) < 4.78 is 0. The van der Waals surface area contributed by atoms with Gasteiger partial charge in [0, 0.05) is 16.8 Å². The van der Waals surface area contributed by atoms with Crippen LogP contribution in [-0.4, -0.2) is 17.6 Å². The zero-order chi connectivity index (χ0) is 19.2. The van der Waals surface area contributed by atoms with E-state index < -0.39 is 0 Å². The largest absolute Gasteiger partial charge is 0.322 e. The van der Waals surface area contributed by atoms with Crippen LogP contribution in [0.1, 0.15) is 38.0 Å². The Bertz CT molecular complexity index is 980. The van der Waals surface area contributed by atoms with Crippen LogP contribution >= 0.6 is 0 Å². The molecule has 3 aromatic carbocycles. The highest BCUT2D eigenvalue weighted by molar-refractivity contribution is 6.12. The Labute approximate surface area is 157 Å². The van der Waals surface area contributed by atoms with Crippen molar-refractivity contribution in [1.29, 1.82) is 0 Å². The van der Waals surface area contributed by atoms with Gasteiger partial charge in [-0.1, -0.05) is 30.3 Å². The predicted molar refractivity (Wildman–Crippen MR) is 105 cm³/mol. The summed E-state index contributed by atoms with van der Waals surface area (Å²) in [6.07, 6.45) is 0. The minimum Gasteiger partial charge on any atom is -0.322 e. The van der Waals surface area contributed by atoms with Crippen molar-refractivity contribution >= 4 is 29.0 Å². The van der Waals surface area contributed by atoms with E-state index in [9.17, 15) is 14.4 Å². The van der Waals surface area contributed by atoms with Crippen molar-refractivity contribution in [3.8, 4) is 0 Å². The Morgan fingerprint density at radius 3 is 1.93 bits per heavy atom. The molecule has 0 aromatic heterocycles. The smallest absolute Gasteiger partial charge is 0.257 e. The second-order valence-corrected chi connectivity index (χ2v) is 5.95. The SMILES string of the molecule is CC(=O)c1ccc(NC(=O)c2ccccc2NC(=O)c2ccccc2)cc1. The minimum atomic E-state index is -0.352. The van der Waals surface area contributed by atoms with Crippen molar-refractivity contribution in [3.05, 3.63) is 95.6 Å². The Morgan fingerprint density at radius 2 is 1.26 bits per heavy atom. The average molecular weight is 358 g/mol. The highest BCUT2D eigenvalue weighted by atomic mass is 16.2. The maximum atomic E-state index is 12.6.